The number of fused-ring (bicyclic) bond motifs is 4. The summed E-state index contributed by atoms with van der Waals surface area (Å²) in [5.74, 6) is 0. The summed E-state index contributed by atoms with van der Waals surface area (Å²) in [6.07, 6.45) is 0. The zero-order valence-corrected chi connectivity index (χ0v) is 14.3. The Kier molecular flexibility index (Phi) is 3.22. The first-order valence-electron chi connectivity index (χ1n) is 8.61. The molecular weight excluding hydrogens is 330 g/mol. The van der Waals surface area contributed by atoms with Gasteiger partial charge in [0.15, 0.2) is 11.4 Å². The Morgan fingerprint density at radius 3 is 1.93 bits per heavy atom. The number of benzene rings is 4. The van der Waals surface area contributed by atoms with E-state index in [9.17, 15) is 0 Å². The third-order valence-corrected chi connectivity index (χ3v) is 4.94. The summed E-state index contributed by atoms with van der Waals surface area (Å²) < 4.78 is 2.15. The van der Waals surface area contributed by atoms with Gasteiger partial charge in [0.25, 0.3) is 0 Å². The molecule has 1 heterocycles. The molecule has 0 N–H and O–H groups in total. The minimum Gasteiger partial charge on any atom is -0.312 e. The van der Waals surface area contributed by atoms with Crippen molar-refractivity contribution in [2.75, 3.05) is 0 Å². The Labute approximate surface area is 156 Å². The molecule has 0 saturated carbocycles. The SMILES string of the molecule is [C-]#[N+]c1cc([N+]#[C-])cc(-n2c3ccccc3c3cc4ccccc4cc32)c1. The molecule has 0 radical (unpaired) electrons. The highest BCUT2D eigenvalue weighted by Gasteiger charge is 2.14. The Morgan fingerprint density at radius 1 is 0.593 bits per heavy atom. The van der Waals surface area contributed by atoms with Crippen LogP contribution in [0.5, 0.6) is 0 Å². The highest BCUT2D eigenvalue weighted by Crippen LogP contribution is 2.36. The number of para-hydroxylation sites is 1. The van der Waals surface area contributed by atoms with E-state index in [1.54, 1.807) is 6.07 Å². The van der Waals surface area contributed by atoms with Crippen molar-refractivity contribution in [1.29, 1.82) is 0 Å². The van der Waals surface area contributed by atoms with Crippen LogP contribution >= 0.6 is 0 Å². The Bertz CT molecular complexity index is 1410. The standard InChI is InChI=1S/C24H13N3/c1-25-18-13-19(26-2)15-20(14-18)27-23-10-6-5-9-21(23)22-11-16-7-3-4-8-17(16)12-24(22)27/h3-15H. The van der Waals surface area contributed by atoms with Crippen molar-refractivity contribution in [3.63, 3.8) is 0 Å². The minimum absolute atomic E-state index is 0.477. The third-order valence-electron chi connectivity index (χ3n) is 4.94. The summed E-state index contributed by atoms with van der Waals surface area (Å²) >= 11 is 0. The van der Waals surface area contributed by atoms with Crippen LogP contribution < -0.4 is 0 Å². The smallest absolute Gasteiger partial charge is 0.179 e. The van der Waals surface area contributed by atoms with Crippen molar-refractivity contribution < 1.29 is 0 Å². The number of rotatable bonds is 1. The van der Waals surface area contributed by atoms with E-state index in [2.05, 4.69) is 56.7 Å². The molecule has 124 valence electrons. The van der Waals surface area contributed by atoms with Gasteiger partial charge >= 0.3 is 0 Å². The van der Waals surface area contributed by atoms with Crippen molar-refractivity contribution in [2.45, 2.75) is 0 Å². The molecule has 5 aromatic rings. The second-order valence-corrected chi connectivity index (χ2v) is 6.50. The zero-order chi connectivity index (χ0) is 18.4. The summed E-state index contributed by atoms with van der Waals surface area (Å²) in [5.41, 5.74) is 3.94. The average molecular weight is 343 g/mol. The van der Waals surface area contributed by atoms with Gasteiger partial charge in [-0.1, -0.05) is 48.5 Å². The Morgan fingerprint density at radius 2 is 1.22 bits per heavy atom. The molecule has 4 aromatic carbocycles. The van der Waals surface area contributed by atoms with Crippen LogP contribution in [0.25, 0.3) is 48.0 Å². The highest BCUT2D eigenvalue weighted by atomic mass is 15.0. The number of hydrogen-bond acceptors (Lipinski definition) is 0. The predicted molar refractivity (Wildman–Crippen MR) is 111 cm³/mol. The summed E-state index contributed by atoms with van der Waals surface area (Å²) in [5, 5.41) is 4.70. The maximum Gasteiger partial charge on any atom is 0.179 e. The molecule has 0 unspecified atom stereocenters. The van der Waals surface area contributed by atoms with E-state index in [0.29, 0.717) is 11.4 Å². The number of nitrogens with zero attached hydrogens (tertiary/aromatic N) is 3. The van der Waals surface area contributed by atoms with Crippen molar-refractivity contribution in [3.8, 4) is 5.69 Å². The fraction of sp³-hybridized carbons (Fsp3) is 0. The highest BCUT2D eigenvalue weighted by molar-refractivity contribution is 6.13. The molecule has 1 aromatic heterocycles. The lowest BCUT2D eigenvalue weighted by molar-refractivity contribution is 1.19. The topological polar surface area (TPSA) is 13.7 Å². The minimum atomic E-state index is 0.477. The second-order valence-electron chi connectivity index (χ2n) is 6.50. The van der Waals surface area contributed by atoms with Crippen molar-refractivity contribution in [2.24, 2.45) is 0 Å². The molecule has 5 rings (SSSR count). The molecule has 3 heteroatoms. The van der Waals surface area contributed by atoms with Crippen molar-refractivity contribution >= 4 is 44.0 Å². The van der Waals surface area contributed by atoms with Gasteiger partial charge in [0.2, 0.25) is 0 Å². The first-order valence-corrected chi connectivity index (χ1v) is 8.61. The molecule has 0 bridgehead atoms. The predicted octanol–water partition coefficient (Wildman–Crippen LogP) is 7.04. The quantitative estimate of drug-likeness (QED) is 0.290. The van der Waals surface area contributed by atoms with Crippen LogP contribution in [0.2, 0.25) is 0 Å². The third kappa shape index (κ3) is 2.27. The van der Waals surface area contributed by atoms with Gasteiger partial charge < -0.3 is 4.57 Å². The molecule has 3 nitrogen and oxygen atoms in total. The Balaban J connectivity index is 1.98. The van der Waals surface area contributed by atoms with Gasteiger partial charge in [-0.25, -0.2) is 9.69 Å². The van der Waals surface area contributed by atoms with Gasteiger partial charge in [-0.05, 0) is 41.1 Å². The largest absolute Gasteiger partial charge is 0.312 e. The molecule has 0 aliphatic carbocycles. The number of aromatic nitrogens is 1. The Hall–Kier alpha value is -4.08. The summed E-state index contributed by atoms with van der Waals surface area (Å²) in [6.45, 7) is 14.8. The molecule has 0 amide bonds. The van der Waals surface area contributed by atoms with E-state index in [4.69, 9.17) is 13.1 Å². The van der Waals surface area contributed by atoms with Gasteiger partial charge in [0.05, 0.1) is 24.2 Å². The van der Waals surface area contributed by atoms with Crippen LogP contribution in [0.3, 0.4) is 0 Å². The van der Waals surface area contributed by atoms with Gasteiger partial charge in [0.1, 0.15) is 0 Å². The first-order chi connectivity index (χ1) is 13.3. The summed E-state index contributed by atoms with van der Waals surface area (Å²) in [7, 11) is 0. The van der Waals surface area contributed by atoms with Crippen LogP contribution in [0.15, 0.2) is 78.9 Å². The van der Waals surface area contributed by atoms with Crippen LogP contribution in [-0.2, 0) is 0 Å². The van der Waals surface area contributed by atoms with E-state index in [-0.39, 0.29) is 0 Å². The van der Waals surface area contributed by atoms with Crippen LogP contribution in [0.4, 0.5) is 11.4 Å². The molecular formula is C24H13N3. The van der Waals surface area contributed by atoms with Gasteiger partial charge in [-0.3, -0.25) is 0 Å². The lowest BCUT2D eigenvalue weighted by Crippen LogP contribution is -1.93. The van der Waals surface area contributed by atoms with Crippen LogP contribution in [0, 0.1) is 13.1 Å². The van der Waals surface area contributed by atoms with E-state index in [1.807, 2.05) is 30.3 Å². The van der Waals surface area contributed by atoms with Gasteiger partial charge in [-0.15, -0.1) is 0 Å². The first kappa shape index (κ1) is 15.2. The van der Waals surface area contributed by atoms with Crippen LogP contribution in [-0.4, -0.2) is 4.57 Å². The molecule has 0 spiro atoms. The van der Waals surface area contributed by atoms with Gasteiger partial charge in [0, 0.05) is 16.5 Å². The summed E-state index contributed by atoms with van der Waals surface area (Å²) in [4.78, 5) is 7.11. The van der Waals surface area contributed by atoms with Crippen molar-refractivity contribution in [3.05, 3.63) is 102 Å². The monoisotopic (exact) mass is 343 g/mol. The van der Waals surface area contributed by atoms with Crippen LogP contribution in [0.1, 0.15) is 0 Å². The zero-order valence-electron chi connectivity index (χ0n) is 14.3. The van der Waals surface area contributed by atoms with E-state index < -0.39 is 0 Å². The van der Waals surface area contributed by atoms with Crippen molar-refractivity contribution in [1.82, 2.24) is 4.57 Å². The molecule has 0 aliphatic heterocycles. The molecule has 0 aliphatic rings. The number of hydrogen-bond donors (Lipinski definition) is 0. The second kappa shape index (κ2) is 5.73. The fourth-order valence-corrected chi connectivity index (χ4v) is 3.77. The molecule has 0 fully saturated rings. The van der Waals surface area contributed by atoms with Gasteiger partial charge in [-0.2, -0.15) is 0 Å². The lowest BCUT2D eigenvalue weighted by Gasteiger charge is -2.10. The lowest BCUT2D eigenvalue weighted by atomic mass is 10.1. The maximum absolute atomic E-state index is 7.38. The molecule has 0 atom stereocenters. The van der Waals surface area contributed by atoms with E-state index in [1.165, 1.54) is 16.2 Å². The summed E-state index contributed by atoms with van der Waals surface area (Å²) in [6, 6.07) is 26.3. The average Bonchev–Trinajstić information content (AvgIpc) is 3.05. The fourth-order valence-electron chi connectivity index (χ4n) is 3.77. The van der Waals surface area contributed by atoms with E-state index in [0.717, 1.165) is 22.1 Å². The molecule has 0 saturated heterocycles. The maximum atomic E-state index is 7.38. The van der Waals surface area contributed by atoms with E-state index >= 15 is 0 Å². The normalized spacial score (nSPS) is 10.9. The molecule has 27 heavy (non-hydrogen) atoms.